The topological polar surface area (TPSA) is 75.9 Å². The van der Waals surface area contributed by atoms with Crippen molar-refractivity contribution in [3.8, 4) is 0 Å². The molecule has 1 aromatic carbocycles. The van der Waals surface area contributed by atoms with E-state index in [0.29, 0.717) is 30.9 Å². The lowest BCUT2D eigenvalue weighted by molar-refractivity contribution is -0.114. The molecule has 2 N–H and O–H groups in total. The lowest BCUT2D eigenvalue weighted by atomic mass is 10.1. The molecule has 7 heteroatoms. The summed E-state index contributed by atoms with van der Waals surface area (Å²) >= 11 is 0. The predicted octanol–water partition coefficient (Wildman–Crippen LogP) is 1.40. The van der Waals surface area contributed by atoms with Crippen LogP contribution in [0.3, 0.4) is 0 Å². The predicted molar refractivity (Wildman–Crippen MR) is 79.2 cm³/mol. The first-order valence-electron chi connectivity index (χ1n) is 7.04. The Labute approximate surface area is 126 Å². The maximum Gasteiger partial charge on any atom is 0.414 e. The van der Waals surface area contributed by atoms with Gasteiger partial charge in [-0.25, -0.2) is 9.18 Å². The van der Waals surface area contributed by atoms with Gasteiger partial charge in [-0.15, -0.1) is 0 Å². The van der Waals surface area contributed by atoms with Gasteiger partial charge in [-0.2, -0.15) is 0 Å². The maximum atomic E-state index is 14.3. The molecule has 0 spiro atoms. The Bertz CT molecular complexity index is 647. The van der Waals surface area contributed by atoms with Crippen molar-refractivity contribution in [2.75, 3.05) is 29.4 Å². The molecule has 3 rings (SSSR count). The van der Waals surface area contributed by atoms with Crippen LogP contribution >= 0.6 is 0 Å². The normalized spacial score (nSPS) is 21.5. The lowest BCUT2D eigenvalue weighted by Crippen LogP contribution is -2.28. The number of rotatable bonds is 3. The van der Waals surface area contributed by atoms with E-state index >= 15 is 0 Å². The highest BCUT2D eigenvalue weighted by molar-refractivity contribution is 5.92. The van der Waals surface area contributed by atoms with E-state index in [9.17, 15) is 14.0 Å². The number of ketones is 1. The van der Waals surface area contributed by atoms with Crippen LogP contribution in [0, 0.1) is 5.82 Å². The highest BCUT2D eigenvalue weighted by atomic mass is 19.1. The molecule has 1 atom stereocenters. The van der Waals surface area contributed by atoms with Crippen LogP contribution in [-0.2, 0) is 9.53 Å². The number of carbonyl (C=O) groups excluding carboxylic acids is 2. The molecule has 1 aromatic rings. The fraction of sp³-hybridized carbons (Fsp3) is 0.333. The van der Waals surface area contributed by atoms with Crippen molar-refractivity contribution < 1.29 is 18.7 Å². The number of halogens is 1. The van der Waals surface area contributed by atoms with E-state index in [1.54, 1.807) is 23.2 Å². The number of ether oxygens (including phenoxy) is 1. The summed E-state index contributed by atoms with van der Waals surface area (Å²) in [6.45, 7) is 0.980. The van der Waals surface area contributed by atoms with Crippen LogP contribution in [0.25, 0.3) is 0 Å². The first-order valence-corrected chi connectivity index (χ1v) is 7.04. The SMILES string of the molecule is NCC1CN(c2ccc(N3C=CC(=O)CC3)c(F)c2)C(=O)O1. The quantitative estimate of drug-likeness (QED) is 0.913. The number of allylic oxidation sites excluding steroid dienone is 1. The zero-order valence-corrected chi connectivity index (χ0v) is 11.9. The van der Waals surface area contributed by atoms with Gasteiger partial charge in [-0.1, -0.05) is 0 Å². The Morgan fingerprint density at radius 1 is 1.36 bits per heavy atom. The molecule has 6 nitrogen and oxygen atoms in total. The molecule has 116 valence electrons. The summed E-state index contributed by atoms with van der Waals surface area (Å²) in [5.74, 6) is -0.429. The molecule has 2 aliphatic heterocycles. The van der Waals surface area contributed by atoms with Gasteiger partial charge in [0.25, 0.3) is 0 Å². The summed E-state index contributed by atoms with van der Waals surface area (Å²) in [6, 6.07) is 4.54. The third kappa shape index (κ3) is 2.67. The van der Waals surface area contributed by atoms with Crippen molar-refractivity contribution in [1.29, 1.82) is 0 Å². The molecule has 1 fully saturated rings. The van der Waals surface area contributed by atoms with E-state index in [2.05, 4.69) is 0 Å². The van der Waals surface area contributed by atoms with Gasteiger partial charge in [-0.05, 0) is 24.3 Å². The summed E-state index contributed by atoms with van der Waals surface area (Å²) < 4.78 is 19.4. The van der Waals surface area contributed by atoms with Crippen LogP contribution in [0.1, 0.15) is 6.42 Å². The molecule has 2 heterocycles. The second kappa shape index (κ2) is 5.76. The number of amides is 1. The van der Waals surface area contributed by atoms with E-state index in [0.717, 1.165) is 0 Å². The minimum atomic E-state index is -0.522. The van der Waals surface area contributed by atoms with Gasteiger partial charge in [0.1, 0.15) is 11.9 Å². The van der Waals surface area contributed by atoms with Gasteiger partial charge < -0.3 is 15.4 Å². The Kier molecular flexibility index (Phi) is 3.81. The first kappa shape index (κ1) is 14.5. The summed E-state index contributed by atoms with van der Waals surface area (Å²) in [5.41, 5.74) is 6.28. The molecule has 0 aliphatic carbocycles. The molecule has 1 unspecified atom stereocenters. The molecule has 1 saturated heterocycles. The van der Waals surface area contributed by atoms with Crippen LogP contribution < -0.4 is 15.5 Å². The molecule has 0 aromatic heterocycles. The molecule has 1 amide bonds. The average Bonchev–Trinajstić information content (AvgIpc) is 2.89. The zero-order valence-electron chi connectivity index (χ0n) is 11.9. The van der Waals surface area contributed by atoms with Crippen LogP contribution in [-0.4, -0.2) is 37.6 Å². The van der Waals surface area contributed by atoms with Gasteiger partial charge >= 0.3 is 6.09 Å². The Morgan fingerprint density at radius 3 is 2.77 bits per heavy atom. The van der Waals surface area contributed by atoms with Crippen LogP contribution in [0.4, 0.5) is 20.6 Å². The summed E-state index contributed by atoms with van der Waals surface area (Å²) in [4.78, 5) is 26.0. The second-order valence-electron chi connectivity index (χ2n) is 5.21. The highest BCUT2D eigenvalue weighted by Gasteiger charge is 2.31. The molecule has 0 saturated carbocycles. The van der Waals surface area contributed by atoms with Crippen molar-refractivity contribution in [1.82, 2.24) is 0 Å². The maximum absolute atomic E-state index is 14.3. The zero-order chi connectivity index (χ0) is 15.7. The summed E-state index contributed by atoms with van der Waals surface area (Å²) in [5, 5.41) is 0. The number of anilines is 2. The molecule has 0 radical (unpaired) electrons. The molecular formula is C15H16FN3O3. The number of hydrogen-bond acceptors (Lipinski definition) is 5. The van der Waals surface area contributed by atoms with Crippen molar-refractivity contribution in [3.63, 3.8) is 0 Å². The number of benzene rings is 1. The van der Waals surface area contributed by atoms with Crippen LogP contribution in [0.2, 0.25) is 0 Å². The van der Waals surface area contributed by atoms with Crippen molar-refractivity contribution in [3.05, 3.63) is 36.3 Å². The number of carbonyl (C=O) groups is 2. The standard InChI is InChI=1S/C15H16FN3O3/c16-13-7-10(19-9-12(8-17)22-15(19)21)1-2-14(13)18-5-3-11(20)4-6-18/h1-3,5,7,12H,4,6,8-9,17H2. The van der Waals surface area contributed by atoms with Gasteiger partial charge in [0, 0.05) is 25.7 Å². The first-order chi connectivity index (χ1) is 10.6. The monoisotopic (exact) mass is 305 g/mol. The molecule has 22 heavy (non-hydrogen) atoms. The Morgan fingerprint density at radius 2 is 2.18 bits per heavy atom. The van der Waals surface area contributed by atoms with Crippen LogP contribution in [0.5, 0.6) is 0 Å². The van der Waals surface area contributed by atoms with Crippen molar-refractivity contribution in [2.24, 2.45) is 5.73 Å². The average molecular weight is 305 g/mol. The summed E-state index contributed by atoms with van der Waals surface area (Å²) in [6.07, 6.45) is 2.46. The molecular weight excluding hydrogens is 289 g/mol. The van der Waals surface area contributed by atoms with E-state index in [1.807, 2.05) is 0 Å². The Hall–Kier alpha value is -2.41. The number of hydrogen-bond donors (Lipinski definition) is 1. The smallest absolute Gasteiger partial charge is 0.414 e. The second-order valence-corrected chi connectivity index (χ2v) is 5.21. The largest absolute Gasteiger partial charge is 0.443 e. The fourth-order valence-electron chi connectivity index (χ4n) is 2.51. The van der Waals surface area contributed by atoms with Crippen LogP contribution in [0.15, 0.2) is 30.5 Å². The lowest BCUT2D eigenvalue weighted by Gasteiger charge is -2.24. The van der Waals surface area contributed by atoms with E-state index < -0.39 is 11.9 Å². The van der Waals surface area contributed by atoms with E-state index in [4.69, 9.17) is 10.5 Å². The third-order valence-corrected chi connectivity index (χ3v) is 3.73. The van der Waals surface area contributed by atoms with E-state index in [1.165, 1.54) is 17.0 Å². The third-order valence-electron chi connectivity index (χ3n) is 3.73. The van der Waals surface area contributed by atoms with Gasteiger partial charge in [0.05, 0.1) is 17.9 Å². The molecule has 0 bridgehead atoms. The number of cyclic esters (lactones) is 1. The Balaban J connectivity index is 1.82. The van der Waals surface area contributed by atoms with E-state index in [-0.39, 0.29) is 18.4 Å². The van der Waals surface area contributed by atoms with Crippen molar-refractivity contribution in [2.45, 2.75) is 12.5 Å². The van der Waals surface area contributed by atoms with Gasteiger partial charge in [0.15, 0.2) is 5.78 Å². The molecule has 2 aliphatic rings. The van der Waals surface area contributed by atoms with Gasteiger partial charge in [-0.3, -0.25) is 9.69 Å². The fourth-order valence-corrected chi connectivity index (χ4v) is 2.51. The number of nitrogens with zero attached hydrogens (tertiary/aromatic N) is 2. The minimum Gasteiger partial charge on any atom is -0.443 e. The van der Waals surface area contributed by atoms with Gasteiger partial charge in [0.2, 0.25) is 0 Å². The number of nitrogens with two attached hydrogens (primary N) is 1. The summed E-state index contributed by atoms with van der Waals surface area (Å²) in [7, 11) is 0. The minimum absolute atomic E-state index is 0.0286. The highest BCUT2D eigenvalue weighted by Crippen LogP contribution is 2.28. The van der Waals surface area contributed by atoms with Crippen molar-refractivity contribution >= 4 is 23.3 Å².